The minimum Gasteiger partial charge on any atom is -0.487 e. The molecule has 0 saturated carbocycles. The fraction of sp³-hybridized carbons (Fsp3) is 0.269. The zero-order valence-corrected chi connectivity index (χ0v) is 21.5. The van der Waals surface area contributed by atoms with Crippen LogP contribution in [-0.2, 0) is 11.4 Å². The Labute approximate surface area is 224 Å². The lowest BCUT2D eigenvalue weighted by atomic mass is 9.99. The van der Waals surface area contributed by atoms with Crippen LogP contribution >= 0.6 is 11.6 Å². The van der Waals surface area contributed by atoms with Crippen molar-refractivity contribution >= 4 is 28.4 Å². The van der Waals surface area contributed by atoms with E-state index in [1.807, 2.05) is 0 Å². The van der Waals surface area contributed by atoms with Gasteiger partial charge in [0.1, 0.15) is 23.7 Å². The third kappa shape index (κ3) is 5.66. The van der Waals surface area contributed by atoms with E-state index < -0.39 is 35.4 Å². The normalized spacial score (nSPS) is 14.2. The second-order valence-corrected chi connectivity index (χ2v) is 9.45. The maximum atomic E-state index is 14.2. The summed E-state index contributed by atoms with van der Waals surface area (Å²) in [4.78, 5) is 16.7. The lowest BCUT2D eigenvalue weighted by Gasteiger charge is -2.27. The Morgan fingerprint density at radius 1 is 1.21 bits per heavy atom. The molecule has 0 aliphatic rings. The molecule has 1 unspecified atom stereocenters. The van der Waals surface area contributed by atoms with E-state index in [1.165, 1.54) is 17.8 Å². The summed E-state index contributed by atoms with van der Waals surface area (Å²) >= 11 is 6.27. The van der Waals surface area contributed by atoms with Gasteiger partial charge in [-0.2, -0.15) is 18.3 Å². The summed E-state index contributed by atoms with van der Waals surface area (Å²) in [6, 6.07) is 7.57. The number of nitrogens with zero attached hydrogens (tertiary/aromatic N) is 3. The summed E-state index contributed by atoms with van der Waals surface area (Å²) in [5, 5.41) is 16.2. The van der Waals surface area contributed by atoms with Gasteiger partial charge in [-0.15, -0.1) is 0 Å². The molecule has 0 radical (unpaired) electrons. The summed E-state index contributed by atoms with van der Waals surface area (Å²) < 4.78 is 74.5. The Hall–Kier alpha value is -3.77. The van der Waals surface area contributed by atoms with Gasteiger partial charge in [0.05, 0.1) is 29.1 Å². The first kappa shape index (κ1) is 28.2. The average molecular weight is 569 g/mol. The van der Waals surface area contributed by atoms with Crippen LogP contribution in [0.1, 0.15) is 36.7 Å². The molecular formula is C26H22ClF5N4O3. The molecule has 0 aliphatic heterocycles. The number of nitrogens with one attached hydrogen (secondary N) is 1. The number of aryl methyl sites for hydroxylation is 1. The van der Waals surface area contributed by atoms with Gasteiger partial charge in [0.25, 0.3) is 5.91 Å². The van der Waals surface area contributed by atoms with Crippen molar-refractivity contribution in [1.29, 1.82) is 0 Å². The number of ether oxygens (including phenoxy) is 1. The zero-order chi connectivity index (χ0) is 28.7. The molecule has 2 atom stereocenters. The first-order chi connectivity index (χ1) is 18.2. The molecule has 2 N–H and O–H groups in total. The second-order valence-electron chi connectivity index (χ2n) is 9.05. The highest BCUT2D eigenvalue weighted by atomic mass is 35.5. The van der Waals surface area contributed by atoms with Gasteiger partial charge in [0, 0.05) is 16.6 Å². The molecule has 4 aromatic rings. The minimum absolute atomic E-state index is 0.0448. The molecule has 0 spiro atoms. The van der Waals surface area contributed by atoms with Crippen molar-refractivity contribution in [2.45, 2.75) is 45.2 Å². The highest BCUT2D eigenvalue weighted by Crippen LogP contribution is 2.34. The Morgan fingerprint density at radius 2 is 1.92 bits per heavy atom. The van der Waals surface area contributed by atoms with Gasteiger partial charge in [-0.05, 0) is 50.6 Å². The monoisotopic (exact) mass is 568 g/mol. The number of hydrogen-bond acceptors (Lipinski definition) is 5. The number of hydrogen-bond donors (Lipinski definition) is 2. The number of amides is 1. The average Bonchev–Trinajstić information content (AvgIpc) is 3.27. The molecule has 0 saturated heterocycles. The Bertz CT molecular complexity index is 1550. The van der Waals surface area contributed by atoms with Gasteiger partial charge in [0.15, 0.2) is 5.82 Å². The molecule has 0 fully saturated rings. The molecule has 206 valence electrons. The first-order valence-electron chi connectivity index (χ1n) is 11.5. The van der Waals surface area contributed by atoms with E-state index in [0.29, 0.717) is 29.2 Å². The van der Waals surface area contributed by atoms with Gasteiger partial charge in [-0.25, -0.2) is 18.4 Å². The van der Waals surface area contributed by atoms with Crippen LogP contribution in [0, 0.1) is 18.6 Å². The zero-order valence-electron chi connectivity index (χ0n) is 20.8. The number of pyridine rings is 1. The van der Waals surface area contributed by atoms with Crippen molar-refractivity contribution in [3.63, 3.8) is 0 Å². The van der Waals surface area contributed by atoms with E-state index in [0.717, 1.165) is 18.3 Å². The van der Waals surface area contributed by atoms with Gasteiger partial charge < -0.3 is 15.2 Å². The lowest BCUT2D eigenvalue weighted by Crippen LogP contribution is -2.55. The fourth-order valence-corrected chi connectivity index (χ4v) is 4.19. The predicted molar refractivity (Wildman–Crippen MR) is 133 cm³/mol. The first-order valence-corrected chi connectivity index (χ1v) is 11.9. The number of benzene rings is 2. The SMILES string of the molecule is Cc1cc(-n2cc(F)cn2)c2cccc(OCc3c(Cl)cc(F)cc3[C@H](C)NC(=O)C(C)(O)C(F)(F)F)c2n1. The third-order valence-electron chi connectivity index (χ3n) is 6.08. The van der Waals surface area contributed by atoms with Crippen LogP contribution in [0.4, 0.5) is 22.0 Å². The molecule has 0 aliphatic carbocycles. The lowest BCUT2D eigenvalue weighted by molar-refractivity contribution is -0.245. The largest absolute Gasteiger partial charge is 0.487 e. The Morgan fingerprint density at radius 3 is 2.56 bits per heavy atom. The smallest absolute Gasteiger partial charge is 0.426 e. The molecule has 2 aromatic heterocycles. The second kappa shape index (κ2) is 10.4. The van der Waals surface area contributed by atoms with Crippen LogP contribution in [0.2, 0.25) is 5.02 Å². The van der Waals surface area contributed by atoms with E-state index in [9.17, 15) is 31.9 Å². The molecule has 2 heterocycles. The van der Waals surface area contributed by atoms with Crippen molar-refractivity contribution in [1.82, 2.24) is 20.1 Å². The van der Waals surface area contributed by atoms with Crippen LogP contribution in [0.15, 0.2) is 48.8 Å². The van der Waals surface area contributed by atoms with Crippen LogP contribution in [0.5, 0.6) is 5.75 Å². The topological polar surface area (TPSA) is 89.3 Å². The highest BCUT2D eigenvalue weighted by molar-refractivity contribution is 6.31. The molecule has 1 amide bonds. The summed E-state index contributed by atoms with van der Waals surface area (Å²) in [5.74, 6) is -2.75. The number of carbonyl (C=O) groups excluding carboxylic acids is 1. The van der Waals surface area contributed by atoms with Gasteiger partial charge in [-0.3, -0.25) is 4.79 Å². The number of aliphatic hydroxyl groups is 1. The number of fused-ring (bicyclic) bond motifs is 1. The number of para-hydroxylation sites is 1. The number of rotatable bonds is 7. The van der Waals surface area contributed by atoms with Crippen LogP contribution < -0.4 is 10.1 Å². The maximum absolute atomic E-state index is 14.2. The summed E-state index contributed by atoms with van der Waals surface area (Å²) in [6.07, 6.45) is -2.96. The number of alkyl halides is 3. The molecule has 13 heteroatoms. The van der Waals surface area contributed by atoms with E-state index in [1.54, 1.807) is 31.2 Å². The van der Waals surface area contributed by atoms with E-state index in [2.05, 4.69) is 15.4 Å². The third-order valence-corrected chi connectivity index (χ3v) is 6.42. The van der Waals surface area contributed by atoms with E-state index in [4.69, 9.17) is 16.3 Å². The van der Waals surface area contributed by atoms with Crippen LogP contribution in [0.3, 0.4) is 0 Å². The molecule has 4 rings (SSSR count). The summed E-state index contributed by atoms with van der Waals surface area (Å²) in [6.45, 7) is 3.09. The summed E-state index contributed by atoms with van der Waals surface area (Å²) in [5.41, 5.74) is -1.90. The van der Waals surface area contributed by atoms with Crippen molar-refractivity contribution in [2.75, 3.05) is 0 Å². The Kier molecular flexibility index (Phi) is 7.55. The molecule has 7 nitrogen and oxygen atoms in total. The number of carbonyl (C=O) groups is 1. The van der Waals surface area contributed by atoms with E-state index >= 15 is 0 Å². The Balaban J connectivity index is 1.67. The van der Waals surface area contributed by atoms with Crippen molar-refractivity contribution < 1.29 is 36.6 Å². The van der Waals surface area contributed by atoms with Crippen molar-refractivity contribution in [3.05, 3.63) is 82.3 Å². The quantitative estimate of drug-likeness (QED) is 0.278. The predicted octanol–water partition coefficient (Wildman–Crippen LogP) is 5.73. The van der Waals surface area contributed by atoms with E-state index in [-0.39, 0.29) is 28.5 Å². The molecule has 39 heavy (non-hydrogen) atoms. The van der Waals surface area contributed by atoms with Gasteiger partial charge in [-0.1, -0.05) is 23.7 Å². The number of halogens is 6. The minimum atomic E-state index is -5.23. The molecular weight excluding hydrogens is 547 g/mol. The fourth-order valence-electron chi connectivity index (χ4n) is 3.92. The molecule has 0 bridgehead atoms. The van der Waals surface area contributed by atoms with Gasteiger partial charge >= 0.3 is 6.18 Å². The van der Waals surface area contributed by atoms with Crippen LogP contribution in [0.25, 0.3) is 16.6 Å². The van der Waals surface area contributed by atoms with Crippen LogP contribution in [-0.4, -0.2) is 37.6 Å². The van der Waals surface area contributed by atoms with Gasteiger partial charge in [0.2, 0.25) is 5.60 Å². The standard InChI is InChI=1S/C26H22ClF5N4O3/c1-13-7-21(36-11-16(29)10-33-36)17-5-4-6-22(23(17)34-13)39-12-19-18(8-15(28)9-20(19)27)14(2)35-24(37)25(3,38)26(30,31)32/h4-11,14,38H,12H2,1-3H3,(H,35,37)/t14-,25?/m0/s1. The molecule has 2 aromatic carbocycles. The maximum Gasteiger partial charge on any atom is 0.426 e. The number of aromatic nitrogens is 3. The van der Waals surface area contributed by atoms with Crippen molar-refractivity contribution in [3.8, 4) is 11.4 Å². The van der Waals surface area contributed by atoms with Crippen molar-refractivity contribution in [2.24, 2.45) is 0 Å². The summed E-state index contributed by atoms with van der Waals surface area (Å²) in [7, 11) is 0. The highest BCUT2D eigenvalue weighted by Gasteiger charge is 2.56.